The molecule has 1 amide bonds. The fraction of sp³-hybridized carbons (Fsp3) is 0.348. The Balaban J connectivity index is 1.35. The Labute approximate surface area is 170 Å². The van der Waals surface area contributed by atoms with Gasteiger partial charge in [0.25, 0.3) is 5.91 Å². The van der Waals surface area contributed by atoms with E-state index in [1.54, 1.807) is 12.1 Å². The number of benzene rings is 2. The van der Waals surface area contributed by atoms with Gasteiger partial charge < -0.3 is 10.1 Å². The summed E-state index contributed by atoms with van der Waals surface area (Å²) in [5.41, 5.74) is 5.21. The van der Waals surface area contributed by atoms with Crippen LogP contribution in [0.3, 0.4) is 0 Å². The molecule has 0 saturated carbocycles. The van der Waals surface area contributed by atoms with E-state index in [-0.39, 0.29) is 12.0 Å². The molecule has 1 atom stereocenters. The van der Waals surface area contributed by atoms with Crippen molar-refractivity contribution in [2.24, 2.45) is 0 Å². The Morgan fingerprint density at radius 2 is 1.86 bits per heavy atom. The molecule has 0 spiro atoms. The third-order valence-electron chi connectivity index (χ3n) is 5.30. The van der Waals surface area contributed by atoms with E-state index in [1.807, 2.05) is 26.0 Å². The molecule has 150 valence electrons. The van der Waals surface area contributed by atoms with Gasteiger partial charge in [0.05, 0.1) is 35.1 Å². The van der Waals surface area contributed by atoms with E-state index in [9.17, 15) is 4.79 Å². The summed E-state index contributed by atoms with van der Waals surface area (Å²) in [6.45, 7) is 7.64. The summed E-state index contributed by atoms with van der Waals surface area (Å²) < 4.78 is 5.85. The van der Waals surface area contributed by atoms with Gasteiger partial charge in [-0.1, -0.05) is 30.3 Å². The second-order valence-corrected chi connectivity index (χ2v) is 7.52. The van der Waals surface area contributed by atoms with E-state index in [4.69, 9.17) is 4.74 Å². The van der Waals surface area contributed by atoms with Crippen LogP contribution in [0.15, 0.2) is 48.5 Å². The average molecular weight is 390 g/mol. The molecule has 29 heavy (non-hydrogen) atoms. The highest BCUT2D eigenvalue weighted by atomic mass is 16.5. The average Bonchev–Trinajstić information content (AvgIpc) is 2.73. The van der Waals surface area contributed by atoms with E-state index < -0.39 is 0 Å². The first kappa shape index (κ1) is 19.5. The summed E-state index contributed by atoms with van der Waals surface area (Å²) in [4.78, 5) is 24.1. The van der Waals surface area contributed by atoms with Crippen molar-refractivity contribution in [1.82, 2.24) is 20.2 Å². The summed E-state index contributed by atoms with van der Waals surface area (Å²) in [6, 6.07) is 15.9. The largest absolute Gasteiger partial charge is 0.374 e. The van der Waals surface area contributed by atoms with Crippen molar-refractivity contribution in [1.29, 1.82) is 0 Å². The molecule has 1 fully saturated rings. The van der Waals surface area contributed by atoms with E-state index in [0.29, 0.717) is 18.7 Å². The Bertz CT molecular complexity index is 1010. The Morgan fingerprint density at radius 1 is 1.10 bits per heavy atom. The fourth-order valence-corrected chi connectivity index (χ4v) is 3.57. The van der Waals surface area contributed by atoms with E-state index in [0.717, 1.165) is 42.1 Å². The molecule has 2 aromatic carbocycles. The van der Waals surface area contributed by atoms with Crippen molar-refractivity contribution >= 4 is 16.9 Å². The number of hydrogen-bond acceptors (Lipinski definition) is 5. The van der Waals surface area contributed by atoms with Crippen LogP contribution in [-0.2, 0) is 11.3 Å². The maximum atomic E-state index is 12.6. The maximum Gasteiger partial charge on any atom is 0.251 e. The first-order chi connectivity index (χ1) is 14.1. The monoisotopic (exact) mass is 390 g/mol. The van der Waals surface area contributed by atoms with E-state index in [1.165, 1.54) is 5.56 Å². The van der Waals surface area contributed by atoms with Gasteiger partial charge in [-0.2, -0.15) is 0 Å². The minimum absolute atomic E-state index is 0.0124. The number of rotatable bonds is 5. The zero-order valence-electron chi connectivity index (χ0n) is 16.9. The van der Waals surface area contributed by atoms with Crippen LogP contribution >= 0.6 is 0 Å². The SMILES string of the molecule is Cc1nc2ccc(C(=O)NCC3CN(Cc4ccccc4)CCO3)cc2nc1C. The molecule has 1 unspecified atom stereocenters. The first-order valence-corrected chi connectivity index (χ1v) is 9.99. The zero-order chi connectivity index (χ0) is 20.2. The van der Waals surface area contributed by atoms with Crippen LogP contribution in [0.5, 0.6) is 0 Å². The number of fused-ring (bicyclic) bond motifs is 1. The molecule has 6 heteroatoms. The van der Waals surface area contributed by atoms with E-state index >= 15 is 0 Å². The van der Waals surface area contributed by atoms with Crippen molar-refractivity contribution < 1.29 is 9.53 Å². The molecule has 2 heterocycles. The second-order valence-electron chi connectivity index (χ2n) is 7.52. The number of carbonyl (C=O) groups excluding carboxylic acids is 1. The molecule has 6 nitrogen and oxygen atoms in total. The lowest BCUT2D eigenvalue weighted by Gasteiger charge is -2.33. The number of morpholine rings is 1. The van der Waals surface area contributed by atoms with Crippen LogP contribution in [-0.4, -0.2) is 53.1 Å². The summed E-state index contributed by atoms with van der Waals surface area (Å²) in [5, 5.41) is 3.00. The molecule has 0 bridgehead atoms. The lowest BCUT2D eigenvalue weighted by atomic mass is 10.1. The molecule has 3 aromatic rings. The van der Waals surface area contributed by atoms with Gasteiger partial charge in [-0.05, 0) is 37.6 Å². The van der Waals surface area contributed by atoms with Gasteiger partial charge in [-0.15, -0.1) is 0 Å². The first-order valence-electron chi connectivity index (χ1n) is 9.99. The highest BCUT2D eigenvalue weighted by molar-refractivity contribution is 5.97. The minimum atomic E-state index is -0.115. The molecule has 0 aliphatic carbocycles. The summed E-state index contributed by atoms with van der Waals surface area (Å²) in [6.07, 6.45) is -0.0124. The molecular formula is C23H26N4O2. The molecule has 4 rings (SSSR count). The van der Waals surface area contributed by atoms with Crippen molar-refractivity contribution in [2.45, 2.75) is 26.5 Å². The van der Waals surface area contributed by atoms with Crippen molar-refractivity contribution in [2.75, 3.05) is 26.2 Å². The quantitative estimate of drug-likeness (QED) is 0.726. The third kappa shape index (κ3) is 4.78. The number of amides is 1. The van der Waals surface area contributed by atoms with Crippen LogP contribution in [0.25, 0.3) is 11.0 Å². The Kier molecular flexibility index (Phi) is 5.83. The van der Waals surface area contributed by atoms with Crippen molar-refractivity contribution in [3.8, 4) is 0 Å². The Hall–Kier alpha value is -2.83. The Morgan fingerprint density at radius 3 is 2.66 bits per heavy atom. The van der Waals surface area contributed by atoms with Crippen LogP contribution in [0.2, 0.25) is 0 Å². The molecule has 1 aliphatic heterocycles. The predicted octanol–water partition coefficient (Wildman–Crippen LogP) is 2.88. The molecule has 1 aliphatic rings. The second kappa shape index (κ2) is 8.68. The number of carbonyl (C=O) groups is 1. The third-order valence-corrected chi connectivity index (χ3v) is 5.30. The lowest BCUT2D eigenvalue weighted by molar-refractivity contribution is -0.0292. The highest BCUT2D eigenvalue weighted by Crippen LogP contribution is 2.15. The molecule has 1 N–H and O–H groups in total. The number of nitrogens with one attached hydrogen (secondary N) is 1. The zero-order valence-corrected chi connectivity index (χ0v) is 16.9. The standard InChI is InChI=1S/C23H26N4O2/c1-16-17(2)26-22-12-19(8-9-21(22)25-16)23(28)24-13-20-15-27(10-11-29-20)14-18-6-4-3-5-7-18/h3-9,12,20H,10-11,13-15H2,1-2H3,(H,24,28). The topological polar surface area (TPSA) is 67.4 Å². The van der Waals surface area contributed by atoms with Gasteiger partial charge in [-0.25, -0.2) is 9.97 Å². The smallest absolute Gasteiger partial charge is 0.251 e. The predicted molar refractivity (Wildman–Crippen MR) is 113 cm³/mol. The molecular weight excluding hydrogens is 364 g/mol. The van der Waals surface area contributed by atoms with Crippen LogP contribution in [0.1, 0.15) is 27.3 Å². The number of hydrogen-bond donors (Lipinski definition) is 1. The van der Waals surface area contributed by atoms with Gasteiger partial charge in [0.1, 0.15) is 0 Å². The minimum Gasteiger partial charge on any atom is -0.374 e. The highest BCUT2D eigenvalue weighted by Gasteiger charge is 2.21. The van der Waals surface area contributed by atoms with Gasteiger partial charge in [-0.3, -0.25) is 9.69 Å². The number of aryl methyl sites for hydroxylation is 2. The summed E-state index contributed by atoms with van der Waals surface area (Å²) >= 11 is 0. The summed E-state index contributed by atoms with van der Waals surface area (Å²) in [5.74, 6) is -0.115. The maximum absolute atomic E-state index is 12.6. The lowest BCUT2D eigenvalue weighted by Crippen LogP contribution is -2.47. The van der Waals surface area contributed by atoms with Gasteiger partial charge in [0.2, 0.25) is 0 Å². The van der Waals surface area contributed by atoms with Gasteiger partial charge >= 0.3 is 0 Å². The van der Waals surface area contributed by atoms with E-state index in [2.05, 4.69) is 44.5 Å². The molecule has 0 radical (unpaired) electrons. The van der Waals surface area contributed by atoms with Crippen LogP contribution < -0.4 is 5.32 Å². The molecule has 1 saturated heterocycles. The van der Waals surface area contributed by atoms with Crippen LogP contribution in [0, 0.1) is 13.8 Å². The number of nitrogens with zero attached hydrogens (tertiary/aromatic N) is 3. The normalized spacial score (nSPS) is 17.4. The summed E-state index contributed by atoms with van der Waals surface area (Å²) in [7, 11) is 0. The fourth-order valence-electron chi connectivity index (χ4n) is 3.57. The van der Waals surface area contributed by atoms with Crippen LogP contribution in [0.4, 0.5) is 0 Å². The van der Waals surface area contributed by atoms with Gasteiger partial charge in [0, 0.05) is 31.7 Å². The van der Waals surface area contributed by atoms with Gasteiger partial charge in [0.15, 0.2) is 0 Å². The van der Waals surface area contributed by atoms with Crippen molar-refractivity contribution in [3.63, 3.8) is 0 Å². The van der Waals surface area contributed by atoms with Crippen molar-refractivity contribution in [3.05, 3.63) is 71.0 Å². The molecule has 1 aromatic heterocycles. The number of aromatic nitrogens is 2. The number of ether oxygens (including phenoxy) is 1.